The fourth-order valence-corrected chi connectivity index (χ4v) is 4.74. The first-order valence-electron chi connectivity index (χ1n) is 7.24. The van der Waals surface area contributed by atoms with E-state index in [4.69, 9.17) is 0 Å². The molecule has 1 aliphatic rings. The number of fused-ring (bicyclic) bond motifs is 1. The lowest BCUT2D eigenvalue weighted by molar-refractivity contribution is 0.459. The zero-order valence-corrected chi connectivity index (χ0v) is 14.1. The predicted octanol–water partition coefficient (Wildman–Crippen LogP) is 4.14. The molecule has 2 N–H and O–H groups in total. The summed E-state index contributed by atoms with van der Waals surface area (Å²) in [5.74, 6) is 0. The van der Waals surface area contributed by atoms with Crippen LogP contribution in [0.15, 0.2) is 16.0 Å². The second-order valence-electron chi connectivity index (χ2n) is 5.45. The molecule has 3 rings (SSSR count). The standard InChI is InChI=1S/C15H20BrN3S/c1-10-11(9-18-19-10)4-3-7-17-13-5-2-6-14-12(13)8-15(16)20-14/h8-9,13,17H,2-7H2,1H3,(H,18,19). The van der Waals surface area contributed by atoms with E-state index in [2.05, 4.69) is 44.4 Å². The van der Waals surface area contributed by atoms with Crippen LogP contribution >= 0.6 is 27.3 Å². The zero-order chi connectivity index (χ0) is 13.9. The predicted molar refractivity (Wildman–Crippen MR) is 87.3 cm³/mol. The molecule has 0 amide bonds. The van der Waals surface area contributed by atoms with Crippen molar-refractivity contribution < 1.29 is 0 Å². The number of aromatic nitrogens is 2. The summed E-state index contributed by atoms with van der Waals surface area (Å²) < 4.78 is 1.27. The molecular weight excluding hydrogens is 334 g/mol. The smallest absolute Gasteiger partial charge is 0.0704 e. The second-order valence-corrected chi connectivity index (χ2v) is 7.97. The molecule has 0 saturated carbocycles. The van der Waals surface area contributed by atoms with Crippen molar-refractivity contribution in [3.63, 3.8) is 0 Å². The van der Waals surface area contributed by atoms with E-state index < -0.39 is 0 Å². The first kappa shape index (κ1) is 14.3. The van der Waals surface area contributed by atoms with Crippen LogP contribution in [-0.4, -0.2) is 16.7 Å². The van der Waals surface area contributed by atoms with Gasteiger partial charge in [-0.05, 0) is 78.7 Å². The third-order valence-corrected chi connectivity index (χ3v) is 5.75. The quantitative estimate of drug-likeness (QED) is 0.793. The molecule has 0 aromatic carbocycles. The van der Waals surface area contributed by atoms with Crippen LogP contribution in [-0.2, 0) is 12.8 Å². The highest BCUT2D eigenvalue weighted by molar-refractivity contribution is 9.11. The third kappa shape index (κ3) is 3.15. The molecule has 3 nitrogen and oxygen atoms in total. The Labute approximate surface area is 132 Å². The van der Waals surface area contributed by atoms with E-state index in [0.717, 1.165) is 19.4 Å². The number of thiophene rings is 1. The Morgan fingerprint density at radius 3 is 3.25 bits per heavy atom. The molecule has 0 radical (unpaired) electrons. The number of nitrogens with zero attached hydrogens (tertiary/aromatic N) is 1. The van der Waals surface area contributed by atoms with Crippen LogP contribution in [0.4, 0.5) is 0 Å². The molecule has 1 unspecified atom stereocenters. The topological polar surface area (TPSA) is 40.7 Å². The Hall–Kier alpha value is -0.650. The molecule has 0 saturated heterocycles. The van der Waals surface area contributed by atoms with E-state index >= 15 is 0 Å². The van der Waals surface area contributed by atoms with Gasteiger partial charge in [-0.15, -0.1) is 11.3 Å². The lowest BCUT2D eigenvalue weighted by Crippen LogP contribution is -2.25. The molecule has 1 atom stereocenters. The maximum atomic E-state index is 4.07. The molecule has 0 fully saturated rings. The SMILES string of the molecule is Cc1[nH]ncc1CCCNC1CCCc2sc(Br)cc21. The third-order valence-electron chi connectivity index (χ3n) is 4.03. The largest absolute Gasteiger partial charge is 0.310 e. The molecule has 1 aliphatic carbocycles. The molecular formula is C15H20BrN3S. The Kier molecular flexibility index (Phi) is 4.58. The van der Waals surface area contributed by atoms with Crippen LogP contribution in [0.2, 0.25) is 0 Å². The minimum absolute atomic E-state index is 0.548. The summed E-state index contributed by atoms with van der Waals surface area (Å²) in [6.45, 7) is 3.16. The maximum Gasteiger partial charge on any atom is 0.0704 e. The Balaban J connectivity index is 1.51. The van der Waals surface area contributed by atoms with E-state index in [1.165, 1.54) is 39.9 Å². The van der Waals surface area contributed by atoms with Gasteiger partial charge in [0.05, 0.1) is 9.98 Å². The maximum absolute atomic E-state index is 4.07. The summed E-state index contributed by atoms with van der Waals surface area (Å²) in [4.78, 5) is 1.56. The summed E-state index contributed by atoms with van der Waals surface area (Å²) >= 11 is 5.51. The number of aromatic amines is 1. The highest BCUT2D eigenvalue weighted by Crippen LogP contribution is 2.37. The van der Waals surface area contributed by atoms with Gasteiger partial charge in [0.15, 0.2) is 0 Å². The van der Waals surface area contributed by atoms with Gasteiger partial charge in [0, 0.05) is 16.6 Å². The van der Waals surface area contributed by atoms with Crippen molar-refractivity contribution in [3.05, 3.63) is 37.7 Å². The van der Waals surface area contributed by atoms with Crippen LogP contribution in [0.25, 0.3) is 0 Å². The fraction of sp³-hybridized carbons (Fsp3) is 0.533. The normalized spacial score (nSPS) is 18.2. The van der Waals surface area contributed by atoms with Crippen molar-refractivity contribution in [1.29, 1.82) is 0 Å². The summed E-state index contributed by atoms with van der Waals surface area (Å²) in [6, 6.07) is 2.85. The van der Waals surface area contributed by atoms with Crippen LogP contribution in [0.1, 0.15) is 47.0 Å². The van der Waals surface area contributed by atoms with Crippen molar-refractivity contribution >= 4 is 27.3 Å². The van der Waals surface area contributed by atoms with Crippen molar-refractivity contribution in [3.8, 4) is 0 Å². The lowest BCUT2D eigenvalue weighted by Gasteiger charge is -2.23. The van der Waals surface area contributed by atoms with Gasteiger partial charge in [-0.25, -0.2) is 0 Å². The van der Waals surface area contributed by atoms with Crippen LogP contribution < -0.4 is 5.32 Å². The molecule has 5 heteroatoms. The number of halogens is 1. The van der Waals surface area contributed by atoms with Crippen LogP contribution in [0, 0.1) is 6.92 Å². The number of rotatable bonds is 5. The zero-order valence-electron chi connectivity index (χ0n) is 11.7. The van der Waals surface area contributed by atoms with Crippen molar-refractivity contribution in [2.75, 3.05) is 6.54 Å². The average molecular weight is 354 g/mol. The number of hydrogen-bond donors (Lipinski definition) is 2. The number of nitrogens with one attached hydrogen (secondary N) is 2. The number of H-pyrrole nitrogens is 1. The van der Waals surface area contributed by atoms with Gasteiger partial charge in [0.2, 0.25) is 0 Å². The van der Waals surface area contributed by atoms with Crippen molar-refractivity contribution in [2.45, 2.75) is 45.1 Å². The van der Waals surface area contributed by atoms with E-state index in [1.54, 1.807) is 4.88 Å². The number of aryl methyl sites for hydroxylation is 3. The van der Waals surface area contributed by atoms with Gasteiger partial charge >= 0.3 is 0 Å². The van der Waals surface area contributed by atoms with Gasteiger partial charge in [-0.1, -0.05) is 0 Å². The van der Waals surface area contributed by atoms with Crippen molar-refractivity contribution in [1.82, 2.24) is 15.5 Å². The molecule has 0 spiro atoms. The first-order valence-corrected chi connectivity index (χ1v) is 8.85. The molecule has 20 heavy (non-hydrogen) atoms. The van der Waals surface area contributed by atoms with Gasteiger partial charge in [0.25, 0.3) is 0 Å². The van der Waals surface area contributed by atoms with Crippen molar-refractivity contribution in [2.24, 2.45) is 0 Å². The molecule has 0 bridgehead atoms. The first-order chi connectivity index (χ1) is 9.74. The molecule has 0 aliphatic heterocycles. The Morgan fingerprint density at radius 2 is 2.45 bits per heavy atom. The van der Waals surface area contributed by atoms with E-state index in [0.29, 0.717) is 6.04 Å². The van der Waals surface area contributed by atoms with Gasteiger partial charge in [-0.3, -0.25) is 5.10 Å². The molecule has 2 heterocycles. The summed E-state index contributed by atoms with van der Waals surface area (Å²) in [6.07, 6.45) is 8.03. The highest BCUT2D eigenvalue weighted by Gasteiger charge is 2.21. The van der Waals surface area contributed by atoms with Gasteiger partial charge < -0.3 is 5.32 Å². The van der Waals surface area contributed by atoms with E-state index in [9.17, 15) is 0 Å². The lowest BCUT2D eigenvalue weighted by atomic mass is 9.94. The molecule has 108 valence electrons. The highest BCUT2D eigenvalue weighted by atomic mass is 79.9. The average Bonchev–Trinajstić information content (AvgIpc) is 3.00. The summed E-state index contributed by atoms with van der Waals surface area (Å²) in [5, 5.41) is 10.8. The molecule has 2 aromatic heterocycles. The Morgan fingerprint density at radius 1 is 1.55 bits per heavy atom. The monoisotopic (exact) mass is 353 g/mol. The van der Waals surface area contributed by atoms with E-state index in [1.807, 2.05) is 17.5 Å². The number of hydrogen-bond acceptors (Lipinski definition) is 3. The van der Waals surface area contributed by atoms with Crippen LogP contribution in [0.5, 0.6) is 0 Å². The van der Waals surface area contributed by atoms with E-state index in [-0.39, 0.29) is 0 Å². The van der Waals surface area contributed by atoms with Gasteiger partial charge in [0.1, 0.15) is 0 Å². The van der Waals surface area contributed by atoms with Gasteiger partial charge in [-0.2, -0.15) is 5.10 Å². The second kappa shape index (κ2) is 6.41. The fourth-order valence-electron chi connectivity index (χ4n) is 2.92. The van der Waals surface area contributed by atoms with Crippen LogP contribution in [0.3, 0.4) is 0 Å². The minimum atomic E-state index is 0.548. The Bertz CT molecular complexity index is 575. The molecule has 2 aromatic rings. The summed E-state index contributed by atoms with van der Waals surface area (Å²) in [7, 11) is 0. The summed E-state index contributed by atoms with van der Waals surface area (Å²) in [5.41, 5.74) is 4.06. The minimum Gasteiger partial charge on any atom is -0.310 e.